The summed E-state index contributed by atoms with van der Waals surface area (Å²) in [5, 5.41) is 4.70. The van der Waals surface area contributed by atoms with Gasteiger partial charge in [-0.1, -0.05) is 36.4 Å². The molecule has 0 unspecified atom stereocenters. The first-order chi connectivity index (χ1) is 12.3. The molecule has 1 aromatic carbocycles. The third kappa shape index (κ3) is 3.28. The summed E-state index contributed by atoms with van der Waals surface area (Å²) < 4.78 is 7.72. The molecule has 5 heteroatoms. The normalized spacial score (nSPS) is 14.3. The molecule has 0 spiro atoms. The molecule has 0 bridgehead atoms. The van der Waals surface area contributed by atoms with E-state index >= 15 is 0 Å². The summed E-state index contributed by atoms with van der Waals surface area (Å²) in [6, 6.07) is 16.5. The van der Waals surface area contributed by atoms with Crippen LogP contribution in [0.15, 0.2) is 54.7 Å². The molecule has 0 saturated carbocycles. The van der Waals surface area contributed by atoms with Crippen molar-refractivity contribution in [3.8, 4) is 11.7 Å². The molecule has 0 saturated heterocycles. The number of benzene rings is 1. The lowest BCUT2D eigenvalue weighted by molar-refractivity contribution is 0.238. The fourth-order valence-electron chi connectivity index (χ4n) is 3.34. The summed E-state index contributed by atoms with van der Waals surface area (Å²) in [6.45, 7) is 5.42. The highest BCUT2D eigenvalue weighted by atomic mass is 16.5. The van der Waals surface area contributed by atoms with Crippen LogP contribution in [0.4, 0.5) is 0 Å². The second-order valence-corrected chi connectivity index (χ2v) is 6.21. The summed E-state index contributed by atoms with van der Waals surface area (Å²) in [4.78, 5) is 6.92. The van der Waals surface area contributed by atoms with Crippen LogP contribution in [0.5, 0.6) is 5.88 Å². The van der Waals surface area contributed by atoms with Crippen LogP contribution in [0.25, 0.3) is 5.82 Å². The third-order valence-corrected chi connectivity index (χ3v) is 4.50. The summed E-state index contributed by atoms with van der Waals surface area (Å²) in [5.74, 6) is 1.59. The van der Waals surface area contributed by atoms with E-state index in [-0.39, 0.29) is 0 Å². The minimum absolute atomic E-state index is 0.624. The van der Waals surface area contributed by atoms with Crippen LogP contribution in [0.2, 0.25) is 0 Å². The smallest absolute Gasteiger partial charge is 0.236 e. The van der Waals surface area contributed by atoms with E-state index in [2.05, 4.69) is 40.2 Å². The molecule has 1 aliphatic rings. The van der Waals surface area contributed by atoms with Gasteiger partial charge in [-0.05, 0) is 31.0 Å². The molecule has 0 aliphatic carbocycles. The molecule has 0 N–H and O–H groups in total. The van der Waals surface area contributed by atoms with E-state index in [9.17, 15) is 0 Å². The summed E-state index contributed by atoms with van der Waals surface area (Å²) in [5.41, 5.74) is 3.74. The monoisotopic (exact) mass is 334 g/mol. The maximum Gasteiger partial charge on any atom is 0.236 e. The van der Waals surface area contributed by atoms with Gasteiger partial charge in [-0.2, -0.15) is 0 Å². The molecular formula is C20H22N4O. The fraction of sp³-hybridized carbons (Fsp3) is 0.300. The molecule has 0 amide bonds. The number of rotatable bonds is 5. The molecule has 3 aromatic rings. The largest absolute Gasteiger partial charge is 0.477 e. The Hall–Kier alpha value is -2.66. The Labute approximate surface area is 147 Å². The predicted octanol–water partition coefficient (Wildman–Crippen LogP) is 3.22. The zero-order chi connectivity index (χ0) is 17.1. The zero-order valence-corrected chi connectivity index (χ0v) is 14.4. The van der Waals surface area contributed by atoms with Crippen LogP contribution >= 0.6 is 0 Å². The first-order valence-corrected chi connectivity index (χ1v) is 8.76. The molecule has 0 radical (unpaired) electrons. The molecule has 5 nitrogen and oxygen atoms in total. The number of aromatic nitrogens is 3. The molecule has 0 atom stereocenters. The number of fused-ring (bicyclic) bond motifs is 1. The Kier molecular flexibility index (Phi) is 4.48. The molecular weight excluding hydrogens is 312 g/mol. The van der Waals surface area contributed by atoms with Crippen LogP contribution in [0.1, 0.15) is 23.7 Å². The van der Waals surface area contributed by atoms with Crippen LogP contribution in [-0.2, 0) is 19.5 Å². The highest BCUT2D eigenvalue weighted by Crippen LogP contribution is 2.30. The van der Waals surface area contributed by atoms with Crippen molar-refractivity contribution in [2.24, 2.45) is 0 Å². The van der Waals surface area contributed by atoms with E-state index in [1.54, 1.807) is 6.20 Å². The second kappa shape index (κ2) is 7.07. The zero-order valence-electron chi connectivity index (χ0n) is 14.4. The van der Waals surface area contributed by atoms with Crippen LogP contribution in [0.3, 0.4) is 0 Å². The molecule has 25 heavy (non-hydrogen) atoms. The number of ether oxygens (including phenoxy) is 1. The van der Waals surface area contributed by atoms with Gasteiger partial charge in [0.1, 0.15) is 0 Å². The molecule has 3 heterocycles. The molecule has 1 aliphatic heterocycles. The van der Waals surface area contributed by atoms with Crippen LogP contribution in [0, 0.1) is 0 Å². The Balaban J connectivity index is 1.65. The van der Waals surface area contributed by atoms with Gasteiger partial charge in [0.15, 0.2) is 5.82 Å². The van der Waals surface area contributed by atoms with Crippen molar-refractivity contribution < 1.29 is 4.74 Å². The van der Waals surface area contributed by atoms with Gasteiger partial charge < -0.3 is 4.74 Å². The number of pyridine rings is 1. The molecule has 4 rings (SSSR count). The van der Waals surface area contributed by atoms with Crippen molar-refractivity contribution in [1.82, 2.24) is 19.7 Å². The van der Waals surface area contributed by atoms with Crippen molar-refractivity contribution in [1.29, 1.82) is 0 Å². The number of nitrogens with zero attached hydrogens (tertiary/aromatic N) is 4. The van der Waals surface area contributed by atoms with E-state index in [1.165, 1.54) is 16.8 Å². The van der Waals surface area contributed by atoms with E-state index < -0.39 is 0 Å². The van der Waals surface area contributed by atoms with Crippen LogP contribution in [-0.4, -0.2) is 32.8 Å². The second-order valence-electron chi connectivity index (χ2n) is 6.21. The Morgan fingerprint density at radius 1 is 1.08 bits per heavy atom. The van der Waals surface area contributed by atoms with Crippen molar-refractivity contribution >= 4 is 0 Å². The van der Waals surface area contributed by atoms with Crippen molar-refractivity contribution in [2.75, 3.05) is 13.2 Å². The van der Waals surface area contributed by atoms with Gasteiger partial charge in [-0.3, -0.25) is 4.90 Å². The standard InChI is InChI=1S/C20H22N4O/c1-2-25-20-17-11-13-23(14-16-8-4-3-5-9-16)15-18(17)24(22-20)19-10-6-7-12-21-19/h3-10,12H,2,11,13-15H2,1H3. The third-order valence-electron chi connectivity index (χ3n) is 4.50. The molecule has 2 aromatic heterocycles. The Morgan fingerprint density at radius 2 is 1.92 bits per heavy atom. The lowest BCUT2D eigenvalue weighted by Gasteiger charge is -2.27. The van der Waals surface area contributed by atoms with Gasteiger partial charge in [-0.15, -0.1) is 5.10 Å². The maximum atomic E-state index is 5.78. The average molecular weight is 334 g/mol. The summed E-state index contributed by atoms with van der Waals surface area (Å²) in [6.07, 6.45) is 2.75. The predicted molar refractivity (Wildman–Crippen MR) is 96.8 cm³/mol. The van der Waals surface area contributed by atoms with E-state index in [1.807, 2.05) is 29.8 Å². The highest BCUT2D eigenvalue weighted by molar-refractivity contribution is 5.38. The van der Waals surface area contributed by atoms with E-state index in [0.717, 1.165) is 37.8 Å². The summed E-state index contributed by atoms with van der Waals surface area (Å²) in [7, 11) is 0. The number of hydrogen-bond donors (Lipinski definition) is 0. The van der Waals surface area contributed by atoms with Crippen molar-refractivity contribution in [3.63, 3.8) is 0 Å². The van der Waals surface area contributed by atoms with Gasteiger partial charge in [0.25, 0.3) is 0 Å². The summed E-state index contributed by atoms with van der Waals surface area (Å²) >= 11 is 0. The number of hydrogen-bond acceptors (Lipinski definition) is 4. The fourth-order valence-corrected chi connectivity index (χ4v) is 3.34. The first-order valence-electron chi connectivity index (χ1n) is 8.76. The van der Waals surface area contributed by atoms with Crippen molar-refractivity contribution in [2.45, 2.75) is 26.4 Å². The van der Waals surface area contributed by atoms with Gasteiger partial charge in [0.05, 0.1) is 12.3 Å². The minimum atomic E-state index is 0.624. The Morgan fingerprint density at radius 3 is 2.68 bits per heavy atom. The Bertz CT molecular complexity index is 830. The first kappa shape index (κ1) is 15.8. The van der Waals surface area contributed by atoms with Gasteiger partial charge >= 0.3 is 0 Å². The van der Waals surface area contributed by atoms with Crippen molar-refractivity contribution in [3.05, 3.63) is 71.5 Å². The van der Waals surface area contributed by atoms with Gasteiger partial charge in [-0.25, -0.2) is 9.67 Å². The topological polar surface area (TPSA) is 43.2 Å². The van der Waals surface area contributed by atoms with Crippen LogP contribution < -0.4 is 4.74 Å². The lowest BCUT2D eigenvalue weighted by atomic mass is 10.1. The van der Waals surface area contributed by atoms with E-state index in [4.69, 9.17) is 9.84 Å². The molecule has 128 valence electrons. The SMILES string of the molecule is CCOc1nn(-c2ccccn2)c2c1CCN(Cc1ccccc1)C2. The van der Waals surface area contributed by atoms with E-state index in [0.29, 0.717) is 6.61 Å². The van der Waals surface area contributed by atoms with Gasteiger partial charge in [0, 0.05) is 31.4 Å². The minimum Gasteiger partial charge on any atom is -0.477 e. The quantitative estimate of drug-likeness (QED) is 0.718. The highest BCUT2D eigenvalue weighted by Gasteiger charge is 2.26. The molecule has 0 fully saturated rings. The van der Waals surface area contributed by atoms with Gasteiger partial charge in [0.2, 0.25) is 5.88 Å². The maximum absolute atomic E-state index is 5.78. The average Bonchev–Trinajstić information content (AvgIpc) is 3.02. The lowest BCUT2D eigenvalue weighted by Crippen LogP contribution is -2.31.